The van der Waals surface area contributed by atoms with Crippen LogP contribution in [0, 0.1) is 5.41 Å². The number of anilines is 1. The molecule has 0 aliphatic carbocycles. The van der Waals surface area contributed by atoms with Gasteiger partial charge in [0.25, 0.3) is 0 Å². The first kappa shape index (κ1) is 36.1. The van der Waals surface area contributed by atoms with E-state index in [-0.39, 0.29) is 5.91 Å². The van der Waals surface area contributed by atoms with Crippen molar-refractivity contribution < 1.29 is 23.7 Å². The molecule has 0 spiro atoms. The minimum absolute atomic E-state index is 0.201. The minimum atomic E-state index is -0.498. The standard InChI is InChI=1S/C42H50N6O5/c1-50-34-11-9-30(10-12-34)27-42(18-24-47(40(42)49)28-32-25-37(51-2)39(53-4)38(26-32)52-3)17-23-46-21-15-33(16-22-46)44-41-45-35-7-5-6-8-36(35)48(41)29-31-13-19-43-20-14-31/h5-14,19-20,25-26,33H,15-18,21-24,27-29H2,1-4H3,(H,44,45). The fourth-order valence-corrected chi connectivity index (χ4v) is 7.98. The highest BCUT2D eigenvalue weighted by molar-refractivity contribution is 5.85. The number of piperidine rings is 1. The molecule has 3 aromatic carbocycles. The van der Waals surface area contributed by atoms with Crippen molar-refractivity contribution in [1.82, 2.24) is 24.3 Å². The van der Waals surface area contributed by atoms with Crippen LogP contribution in [0.1, 0.15) is 42.4 Å². The molecular formula is C42H50N6O5. The molecule has 7 rings (SSSR count). The molecule has 1 N–H and O–H groups in total. The number of imidazole rings is 1. The van der Waals surface area contributed by atoms with Crippen LogP contribution in [0.3, 0.4) is 0 Å². The van der Waals surface area contributed by atoms with Gasteiger partial charge >= 0.3 is 0 Å². The van der Waals surface area contributed by atoms with Gasteiger partial charge in [0.1, 0.15) is 5.75 Å². The van der Waals surface area contributed by atoms with Crippen molar-refractivity contribution >= 4 is 22.9 Å². The number of likely N-dealkylation sites (tertiary alicyclic amines) is 2. The number of benzene rings is 3. The van der Waals surface area contributed by atoms with Gasteiger partial charge in [-0.05, 0) is 104 Å². The van der Waals surface area contributed by atoms with Crippen molar-refractivity contribution in [3.63, 3.8) is 0 Å². The van der Waals surface area contributed by atoms with Gasteiger partial charge in [-0.1, -0.05) is 24.3 Å². The Morgan fingerprint density at radius 3 is 2.19 bits per heavy atom. The van der Waals surface area contributed by atoms with E-state index in [2.05, 4.69) is 62.2 Å². The molecule has 2 saturated heterocycles. The van der Waals surface area contributed by atoms with Gasteiger partial charge in [-0.3, -0.25) is 9.78 Å². The van der Waals surface area contributed by atoms with Crippen LogP contribution in [0.4, 0.5) is 5.95 Å². The number of aromatic nitrogens is 3. The maximum Gasteiger partial charge on any atom is 0.229 e. The number of hydrogen-bond acceptors (Lipinski definition) is 9. The Kier molecular flexibility index (Phi) is 11.0. The number of para-hydroxylation sites is 2. The van der Waals surface area contributed by atoms with Gasteiger partial charge in [-0.15, -0.1) is 0 Å². The molecule has 0 radical (unpaired) electrons. The van der Waals surface area contributed by atoms with Crippen LogP contribution in [0.2, 0.25) is 0 Å². The highest BCUT2D eigenvalue weighted by atomic mass is 16.5. The molecule has 0 bridgehead atoms. The quantitative estimate of drug-likeness (QED) is 0.131. The van der Waals surface area contributed by atoms with E-state index in [0.717, 1.165) is 85.7 Å². The Morgan fingerprint density at radius 2 is 1.51 bits per heavy atom. The number of amides is 1. The highest BCUT2D eigenvalue weighted by Crippen LogP contribution is 2.42. The molecular weight excluding hydrogens is 668 g/mol. The Morgan fingerprint density at radius 1 is 0.792 bits per heavy atom. The summed E-state index contributed by atoms with van der Waals surface area (Å²) in [5.74, 6) is 3.64. The van der Waals surface area contributed by atoms with Crippen LogP contribution < -0.4 is 24.3 Å². The van der Waals surface area contributed by atoms with E-state index < -0.39 is 5.41 Å². The molecule has 11 heteroatoms. The second-order valence-corrected chi connectivity index (χ2v) is 14.2. The second-order valence-electron chi connectivity index (χ2n) is 14.2. The van der Waals surface area contributed by atoms with Gasteiger partial charge in [0.15, 0.2) is 11.5 Å². The Labute approximate surface area is 311 Å². The summed E-state index contributed by atoms with van der Waals surface area (Å²) in [7, 11) is 6.50. The summed E-state index contributed by atoms with van der Waals surface area (Å²) in [5.41, 5.74) is 4.88. The van der Waals surface area contributed by atoms with Gasteiger partial charge in [-0.2, -0.15) is 0 Å². The van der Waals surface area contributed by atoms with Crippen LogP contribution in [-0.2, 0) is 24.3 Å². The first-order valence-electron chi connectivity index (χ1n) is 18.5. The predicted molar refractivity (Wildman–Crippen MR) is 206 cm³/mol. The lowest BCUT2D eigenvalue weighted by Gasteiger charge is -2.35. The number of pyridine rings is 1. The summed E-state index contributed by atoms with van der Waals surface area (Å²) in [5, 5.41) is 3.80. The van der Waals surface area contributed by atoms with Crippen LogP contribution in [-0.4, -0.2) is 90.9 Å². The minimum Gasteiger partial charge on any atom is -0.497 e. The molecule has 11 nitrogen and oxygen atoms in total. The normalized spacial score (nSPS) is 18.0. The van der Waals surface area contributed by atoms with Gasteiger partial charge in [0.05, 0.1) is 51.4 Å². The maximum absolute atomic E-state index is 14.5. The molecule has 5 aromatic rings. The lowest BCUT2D eigenvalue weighted by atomic mass is 9.77. The third-order valence-corrected chi connectivity index (χ3v) is 11.0. The highest BCUT2D eigenvalue weighted by Gasteiger charge is 2.46. The smallest absolute Gasteiger partial charge is 0.229 e. The number of hydrogen-bond donors (Lipinski definition) is 1. The fraction of sp³-hybridized carbons (Fsp3) is 0.405. The second kappa shape index (κ2) is 16.2. The van der Waals surface area contributed by atoms with Crippen molar-refractivity contribution in [2.75, 3.05) is 59.9 Å². The molecule has 1 atom stereocenters. The molecule has 0 saturated carbocycles. The predicted octanol–water partition coefficient (Wildman–Crippen LogP) is 6.44. The number of fused-ring (bicyclic) bond motifs is 1. The van der Waals surface area contributed by atoms with Gasteiger partial charge in [-0.25, -0.2) is 4.98 Å². The monoisotopic (exact) mass is 718 g/mol. The summed E-state index contributed by atoms with van der Waals surface area (Å²) in [6, 6.07) is 24.8. The molecule has 4 heterocycles. The van der Waals surface area contributed by atoms with Crippen molar-refractivity contribution in [3.05, 3.63) is 102 Å². The molecule has 2 aliphatic rings. The van der Waals surface area contributed by atoms with Crippen LogP contribution in [0.15, 0.2) is 85.2 Å². The van der Waals surface area contributed by atoms with Gasteiger partial charge in [0.2, 0.25) is 17.6 Å². The Balaban J connectivity index is 1.03. The van der Waals surface area contributed by atoms with Gasteiger partial charge in [0, 0.05) is 44.6 Å². The van der Waals surface area contributed by atoms with E-state index in [4.69, 9.17) is 23.9 Å². The number of carbonyl (C=O) groups is 1. The summed E-state index contributed by atoms with van der Waals surface area (Å²) in [6.07, 6.45) is 7.97. The summed E-state index contributed by atoms with van der Waals surface area (Å²) >= 11 is 0. The fourth-order valence-electron chi connectivity index (χ4n) is 7.98. The summed E-state index contributed by atoms with van der Waals surface area (Å²) < 4.78 is 24.4. The number of rotatable bonds is 15. The number of methoxy groups -OCH3 is 4. The third-order valence-electron chi connectivity index (χ3n) is 11.0. The maximum atomic E-state index is 14.5. The summed E-state index contributed by atoms with van der Waals surface area (Å²) in [4.78, 5) is 28.2. The number of carbonyl (C=O) groups excluding carboxylic acids is 1. The average molecular weight is 719 g/mol. The molecule has 1 amide bonds. The third kappa shape index (κ3) is 7.90. The first-order chi connectivity index (χ1) is 25.9. The number of nitrogens with zero attached hydrogens (tertiary/aromatic N) is 5. The topological polar surface area (TPSA) is 103 Å². The zero-order valence-electron chi connectivity index (χ0n) is 31.2. The molecule has 278 valence electrons. The molecule has 2 aliphatic heterocycles. The largest absolute Gasteiger partial charge is 0.497 e. The van der Waals surface area contributed by atoms with Crippen LogP contribution in [0.5, 0.6) is 23.0 Å². The number of ether oxygens (including phenoxy) is 4. The molecule has 1 unspecified atom stereocenters. The van der Waals surface area contributed by atoms with E-state index in [0.29, 0.717) is 42.8 Å². The van der Waals surface area contributed by atoms with Crippen LogP contribution in [0.25, 0.3) is 11.0 Å². The first-order valence-corrected chi connectivity index (χ1v) is 18.5. The van der Waals surface area contributed by atoms with E-state index >= 15 is 0 Å². The summed E-state index contributed by atoms with van der Waals surface area (Å²) in [6.45, 7) is 4.69. The van der Waals surface area contributed by atoms with Gasteiger partial charge < -0.3 is 38.6 Å². The number of nitrogens with one attached hydrogen (secondary N) is 1. The van der Waals surface area contributed by atoms with Crippen LogP contribution >= 0.6 is 0 Å². The molecule has 53 heavy (non-hydrogen) atoms. The van der Waals surface area contributed by atoms with Crippen molar-refractivity contribution in [2.45, 2.75) is 51.2 Å². The van der Waals surface area contributed by atoms with E-state index in [1.165, 1.54) is 5.56 Å². The molecule has 2 aromatic heterocycles. The van der Waals surface area contributed by atoms with E-state index in [9.17, 15) is 4.79 Å². The van der Waals surface area contributed by atoms with Crippen molar-refractivity contribution in [2.24, 2.45) is 5.41 Å². The Hall–Kier alpha value is -5.29. The average Bonchev–Trinajstić information content (AvgIpc) is 3.69. The lowest BCUT2D eigenvalue weighted by molar-refractivity contribution is -0.137. The van der Waals surface area contributed by atoms with Crippen molar-refractivity contribution in [1.29, 1.82) is 0 Å². The lowest BCUT2D eigenvalue weighted by Crippen LogP contribution is -2.43. The molecule has 2 fully saturated rings. The zero-order valence-corrected chi connectivity index (χ0v) is 31.2. The Bertz CT molecular complexity index is 1970. The SMILES string of the molecule is COc1ccc(CC2(CCN3CCC(Nc4nc5ccccc5n4Cc4ccncc4)CC3)CCN(Cc3cc(OC)c(OC)c(OC)c3)C2=O)cc1. The zero-order chi connectivity index (χ0) is 36.8. The van der Waals surface area contributed by atoms with E-state index in [1.54, 1.807) is 28.4 Å². The van der Waals surface area contributed by atoms with E-state index in [1.807, 2.05) is 47.6 Å². The van der Waals surface area contributed by atoms with Crippen molar-refractivity contribution in [3.8, 4) is 23.0 Å².